The summed E-state index contributed by atoms with van der Waals surface area (Å²) in [5.74, 6) is 1.66. The molecule has 0 saturated heterocycles. The van der Waals surface area contributed by atoms with Crippen LogP contribution in [-0.2, 0) is 0 Å². The number of benzene rings is 1. The van der Waals surface area contributed by atoms with Gasteiger partial charge in [-0.3, -0.25) is 0 Å². The Kier molecular flexibility index (Phi) is 3.00. The first kappa shape index (κ1) is 10.3. The van der Waals surface area contributed by atoms with E-state index in [0.717, 1.165) is 5.75 Å². The molecule has 1 aliphatic rings. The average Bonchev–Trinajstić information content (AvgIpc) is 2.91. The maximum atomic E-state index is 5.94. The molecule has 0 radical (unpaired) electrons. The molecule has 0 aromatic heterocycles. The van der Waals surface area contributed by atoms with Gasteiger partial charge in [-0.2, -0.15) is 0 Å². The molecule has 76 valence electrons. The van der Waals surface area contributed by atoms with Crippen molar-refractivity contribution in [2.45, 2.75) is 38.7 Å². The molecule has 2 heteroatoms. The SMILES string of the molecule is CC(C)c1cccc(I)c1OC1CC1. The monoisotopic (exact) mass is 302 g/mol. The topological polar surface area (TPSA) is 9.23 Å². The van der Waals surface area contributed by atoms with Crippen LogP contribution in [0.1, 0.15) is 38.2 Å². The lowest BCUT2D eigenvalue weighted by molar-refractivity contribution is 0.296. The zero-order valence-electron chi connectivity index (χ0n) is 8.59. The second-order valence-corrected chi connectivity index (χ2v) is 5.29. The Morgan fingerprint density at radius 1 is 1.36 bits per heavy atom. The summed E-state index contributed by atoms with van der Waals surface area (Å²) >= 11 is 2.36. The lowest BCUT2D eigenvalue weighted by Crippen LogP contribution is -2.02. The first-order valence-electron chi connectivity index (χ1n) is 5.13. The van der Waals surface area contributed by atoms with Crippen molar-refractivity contribution in [3.05, 3.63) is 27.3 Å². The smallest absolute Gasteiger partial charge is 0.136 e. The highest BCUT2D eigenvalue weighted by atomic mass is 127. The van der Waals surface area contributed by atoms with Crippen LogP contribution < -0.4 is 4.74 Å². The molecule has 1 aromatic rings. The van der Waals surface area contributed by atoms with Gasteiger partial charge < -0.3 is 4.74 Å². The largest absolute Gasteiger partial charge is 0.489 e. The van der Waals surface area contributed by atoms with Gasteiger partial charge in [-0.15, -0.1) is 0 Å². The fourth-order valence-electron chi connectivity index (χ4n) is 1.46. The average molecular weight is 302 g/mol. The van der Waals surface area contributed by atoms with E-state index in [4.69, 9.17) is 4.74 Å². The fourth-order valence-corrected chi connectivity index (χ4v) is 2.10. The number of ether oxygens (including phenoxy) is 1. The van der Waals surface area contributed by atoms with Crippen LogP contribution in [0, 0.1) is 3.57 Å². The molecule has 0 atom stereocenters. The minimum atomic E-state index is 0.489. The van der Waals surface area contributed by atoms with Crippen LogP contribution in [0.25, 0.3) is 0 Å². The molecule has 0 N–H and O–H groups in total. The van der Waals surface area contributed by atoms with Crippen molar-refractivity contribution >= 4 is 22.6 Å². The molecule has 0 unspecified atom stereocenters. The van der Waals surface area contributed by atoms with Crippen molar-refractivity contribution < 1.29 is 4.74 Å². The fraction of sp³-hybridized carbons (Fsp3) is 0.500. The maximum Gasteiger partial charge on any atom is 0.136 e. The molecule has 1 aliphatic carbocycles. The van der Waals surface area contributed by atoms with Gasteiger partial charge in [-0.25, -0.2) is 0 Å². The van der Waals surface area contributed by atoms with Crippen molar-refractivity contribution in [3.63, 3.8) is 0 Å². The number of hydrogen-bond acceptors (Lipinski definition) is 1. The molecule has 14 heavy (non-hydrogen) atoms. The molecule has 0 bridgehead atoms. The van der Waals surface area contributed by atoms with E-state index in [-0.39, 0.29) is 0 Å². The van der Waals surface area contributed by atoms with Crippen molar-refractivity contribution in [2.75, 3.05) is 0 Å². The zero-order chi connectivity index (χ0) is 10.1. The van der Waals surface area contributed by atoms with Crippen molar-refractivity contribution in [1.82, 2.24) is 0 Å². The molecule has 1 nitrogen and oxygen atoms in total. The van der Waals surface area contributed by atoms with Gasteiger partial charge in [-0.1, -0.05) is 26.0 Å². The Hall–Kier alpha value is -0.250. The highest BCUT2D eigenvalue weighted by molar-refractivity contribution is 14.1. The van der Waals surface area contributed by atoms with Crippen molar-refractivity contribution in [1.29, 1.82) is 0 Å². The summed E-state index contributed by atoms with van der Waals surface area (Å²) in [5, 5.41) is 0. The van der Waals surface area contributed by atoms with E-state index >= 15 is 0 Å². The first-order chi connectivity index (χ1) is 6.68. The third-order valence-electron chi connectivity index (χ3n) is 2.43. The van der Waals surface area contributed by atoms with E-state index in [0.29, 0.717) is 12.0 Å². The lowest BCUT2D eigenvalue weighted by atomic mass is 10.0. The summed E-state index contributed by atoms with van der Waals surface area (Å²) in [7, 11) is 0. The zero-order valence-corrected chi connectivity index (χ0v) is 10.7. The second-order valence-electron chi connectivity index (χ2n) is 4.13. The van der Waals surface area contributed by atoms with Crippen LogP contribution in [0.3, 0.4) is 0 Å². The van der Waals surface area contributed by atoms with Gasteiger partial charge in [-0.05, 0) is 53.0 Å². The number of hydrogen-bond donors (Lipinski definition) is 0. The normalized spacial score (nSPS) is 16.0. The van der Waals surface area contributed by atoms with Gasteiger partial charge in [0.1, 0.15) is 5.75 Å². The Morgan fingerprint density at radius 3 is 2.64 bits per heavy atom. The second kappa shape index (κ2) is 4.09. The summed E-state index contributed by atoms with van der Waals surface area (Å²) in [4.78, 5) is 0. The summed E-state index contributed by atoms with van der Waals surface area (Å²) in [6.45, 7) is 4.43. The molecule has 1 aromatic carbocycles. The molecular formula is C12H15IO. The predicted octanol–water partition coefficient (Wildman–Crippen LogP) is 3.96. The highest BCUT2D eigenvalue weighted by Gasteiger charge is 2.25. The van der Waals surface area contributed by atoms with Crippen LogP contribution in [0.5, 0.6) is 5.75 Å². The van der Waals surface area contributed by atoms with Gasteiger partial charge in [0.15, 0.2) is 0 Å². The van der Waals surface area contributed by atoms with Gasteiger partial charge in [0.25, 0.3) is 0 Å². The molecule has 1 saturated carbocycles. The molecule has 0 aliphatic heterocycles. The van der Waals surface area contributed by atoms with Gasteiger partial charge in [0.2, 0.25) is 0 Å². The van der Waals surface area contributed by atoms with E-state index in [1.807, 2.05) is 0 Å². The van der Waals surface area contributed by atoms with Gasteiger partial charge in [0, 0.05) is 0 Å². The molecule has 0 amide bonds. The summed E-state index contributed by atoms with van der Waals surface area (Å²) < 4.78 is 7.18. The Bertz CT molecular complexity index is 329. The van der Waals surface area contributed by atoms with Crippen molar-refractivity contribution in [3.8, 4) is 5.75 Å². The van der Waals surface area contributed by atoms with Crippen LogP contribution in [0.4, 0.5) is 0 Å². The quantitative estimate of drug-likeness (QED) is 0.768. The Balaban J connectivity index is 2.31. The van der Waals surface area contributed by atoms with E-state index in [1.54, 1.807) is 0 Å². The summed E-state index contributed by atoms with van der Waals surface area (Å²) in [6, 6.07) is 6.39. The Labute approximate surface area is 99.0 Å². The molecule has 0 spiro atoms. The van der Waals surface area contributed by atoms with E-state index in [2.05, 4.69) is 54.6 Å². The van der Waals surface area contributed by atoms with E-state index in [9.17, 15) is 0 Å². The lowest BCUT2D eigenvalue weighted by Gasteiger charge is -2.15. The molecule has 0 heterocycles. The third kappa shape index (κ3) is 2.22. The van der Waals surface area contributed by atoms with Gasteiger partial charge in [0.05, 0.1) is 9.67 Å². The van der Waals surface area contributed by atoms with E-state index in [1.165, 1.54) is 22.0 Å². The summed E-state index contributed by atoms with van der Waals surface area (Å²) in [5.41, 5.74) is 1.34. The third-order valence-corrected chi connectivity index (χ3v) is 3.28. The van der Waals surface area contributed by atoms with Crippen LogP contribution in [0.2, 0.25) is 0 Å². The predicted molar refractivity (Wildman–Crippen MR) is 66.9 cm³/mol. The standard InChI is InChI=1S/C12H15IO/c1-8(2)10-4-3-5-11(13)12(10)14-9-6-7-9/h3-5,8-9H,6-7H2,1-2H3. The van der Waals surface area contributed by atoms with E-state index < -0.39 is 0 Å². The number of para-hydroxylation sites is 1. The molecule has 1 fully saturated rings. The number of rotatable bonds is 3. The van der Waals surface area contributed by atoms with Crippen molar-refractivity contribution in [2.24, 2.45) is 0 Å². The van der Waals surface area contributed by atoms with Crippen LogP contribution >= 0.6 is 22.6 Å². The maximum absolute atomic E-state index is 5.94. The highest BCUT2D eigenvalue weighted by Crippen LogP contribution is 2.35. The number of halogens is 1. The Morgan fingerprint density at radius 2 is 2.07 bits per heavy atom. The molecule has 2 rings (SSSR count). The van der Waals surface area contributed by atoms with Crippen LogP contribution in [0.15, 0.2) is 18.2 Å². The summed E-state index contributed by atoms with van der Waals surface area (Å²) in [6.07, 6.45) is 2.94. The molecular weight excluding hydrogens is 287 g/mol. The minimum Gasteiger partial charge on any atom is -0.489 e. The minimum absolute atomic E-state index is 0.489. The van der Waals surface area contributed by atoms with Gasteiger partial charge >= 0.3 is 0 Å². The van der Waals surface area contributed by atoms with Crippen LogP contribution in [-0.4, -0.2) is 6.10 Å². The first-order valence-corrected chi connectivity index (χ1v) is 6.21.